The molecule has 86 valence electrons. The van der Waals surface area contributed by atoms with Crippen LogP contribution < -0.4 is 11.3 Å². The van der Waals surface area contributed by atoms with E-state index in [1.54, 1.807) is 0 Å². The predicted molar refractivity (Wildman–Crippen MR) is 65.6 cm³/mol. The molecule has 0 spiro atoms. The smallest absolute Gasteiger partial charge is 0.0581 e. The lowest BCUT2D eigenvalue weighted by Gasteiger charge is -2.12. The van der Waals surface area contributed by atoms with Gasteiger partial charge in [-0.25, -0.2) is 0 Å². The van der Waals surface area contributed by atoms with Crippen molar-refractivity contribution in [2.24, 2.45) is 5.84 Å². The summed E-state index contributed by atoms with van der Waals surface area (Å²) in [7, 11) is 0. The van der Waals surface area contributed by atoms with Gasteiger partial charge in [-0.15, -0.1) is 0 Å². The maximum atomic E-state index is 5.53. The van der Waals surface area contributed by atoms with Gasteiger partial charge in [-0.3, -0.25) is 16.0 Å². The highest BCUT2D eigenvalue weighted by Crippen LogP contribution is 2.16. The Labute approximate surface area is 95.6 Å². The highest BCUT2D eigenvalue weighted by atomic mass is 32.2. The molecule has 0 aromatic carbocycles. The monoisotopic (exact) mass is 228 g/mol. The van der Waals surface area contributed by atoms with Gasteiger partial charge in [0.15, 0.2) is 0 Å². The molecule has 1 rings (SSSR count). The number of thioether (sulfide) groups is 1. The summed E-state index contributed by atoms with van der Waals surface area (Å²) in [6, 6.07) is 0.209. The minimum atomic E-state index is 0.209. The van der Waals surface area contributed by atoms with Gasteiger partial charge in [0.2, 0.25) is 0 Å². The van der Waals surface area contributed by atoms with Crippen LogP contribution in [0.25, 0.3) is 0 Å². The van der Waals surface area contributed by atoms with Gasteiger partial charge in [-0.05, 0) is 12.2 Å². The summed E-state index contributed by atoms with van der Waals surface area (Å²) in [4.78, 5) is 0. The van der Waals surface area contributed by atoms with Crippen molar-refractivity contribution in [3.63, 3.8) is 0 Å². The summed E-state index contributed by atoms with van der Waals surface area (Å²) in [5.74, 6) is 7.63. The molecule has 0 bridgehead atoms. The first-order chi connectivity index (χ1) is 7.31. The van der Waals surface area contributed by atoms with E-state index in [0.717, 1.165) is 24.5 Å². The van der Waals surface area contributed by atoms with Gasteiger partial charge in [-0.2, -0.15) is 16.9 Å². The molecule has 0 saturated carbocycles. The van der Waals surface area contributed by atoms with E-state index in [1.807, 2.05) is 22.6 Å². The van der Waals surface area contributed by atoms with Crippen molar-refractivity contribution >= 4 is 11.8 Å². The van der Waals surface area contributed by atoms with Crippen molar-refractivity contribution in [3.8, 4) is 0 Å². The fraction of sp³-hybridized carbons (Fsp3) is 0.700. The van der Waals surface area contributed by atoms with E-state index in [4.69, 9.17) is 5.84 Å². The molecule has 0 aliphatic heterocycles. The van der Waals surface area contributed by atoms with E-state index < -0.39 is 0 Å². The third kappa shape index (κ3) is 3.85. The first kappa shape index (κ1) is 12.5. The van der Waals surface area contributed by atoms with Crippen molar-refractivity contribution in [1.29, 1.82) is 0 Å². The lowest BCUT2D eigenvalue weighted by atomic mass is 10.2. The Morgan fingerprint density at radius 2 is 2.40 bits per heavy atom. The van der Waals surface area contributed by atoms with Crippen LogP contribution >= 0.6 is 11.8 Å². The molecule has 1 aromatic heterocycles. The maximum absolute atomic E-state index is 5.53. The summed E-state index contributed by atoms with van der Waals surface area (Å²) in [5.41, 5.74) is 4.01. The van der Waals surface area contributed by atoms with Crippen LogP contribution in [0.2, 0.25) is 0 Å². The van der Waals surface area contributed by atoms with E-state index in [0.29, 0.717) is 0 Å². The van der Waals surface area contributed by atoms with E-state index >= 15 is 0 Å². The van der Waals surface area contributed by atoms with Crippen LogP contribution in [-0.2, 0) is 6.54 Å². The standard InChI is InChI=1S/C10H20N4S/c1-3-5-14-7-9(6-12-14)10(13-11)8-15-4-2/h6-7,10,13H,3-5,8,11H2,1-2H3. The second kappa shape index (κ2) is 6.87. The second-order valence-electron chi connectivity index (χ2n) is 3.42. The molecule has 1 heterocycles. The number of rotatable bonds is 7. The van der Waals surface area contributed by atoms with Crippen molar-refractivity contribution in [3.05, 3.63) is 18.0 Å². The van der Waals surface area contributed by atoms with Gasteiger partial charge in [0.1, 0.15) is 0 Å². The Balaban J connectivity index is 2.57. The second-order valence-corrected chi connectivity index (χ2v) is 4.73. The lowest BCUT2D eigenvalue weighted by Crippen LogP contribution is -2.29. The maximum Gasteiger partial charge on any atom is 0.0581 e. The number of hydrogen-bond donors (Lipinski definition) is 2. The Bertz CT molecular complexity index is 274. The fourth-order valence-corrected chi connectivity index (χ4v) is 2.15. The summed E-state index contributed by atoms with van der Waals surface area (Å²) >= 11 is 1.88. The van der Waals surface area contributed by atoms with Gasteiger partial charge < -0.3 is 0 Å². The first-order valence-electron chi connectivity index (χ1n) is 5.38. The largest absolute Gasteiger partial charge is 0.272 e. The Hall–Kier alpha value is -0.520. The van der Waals surface area contributed by atoms with E-state index in [9.17, 15) is 0 Å². The van der Waals surface area contributed by atoms with Crippen LogP contribution in [0.4, 0.5) is 0 Å². The first-order valence-corrected chi connectivity index (χ1v) is 6.53. The molecular formula is C10H20N4S. The van der Waals surface area contributed by atoms with E-state index in [-0.39, 0.29) is 6.04 Å². The van der Waals surface area contributed by atoms with Crippen LogP contribution in [0, 0.1) is 0 Å². The minimum absolute atomic E-state index is 0.209. The van der Waals surface area contributed by atoms with E-state index in [2.05, 4.69) is 30.6 Å². The van der Waals surface area contributed by atoms with Gasteiger partial charge in [0.05, 0.1) is 12.2 Å². The fourth-order valence-electron chi connectivity index (χ4n) is 1.39. The molecule has 4 nitrogen and oxygen atoms in total. The highest BCUT2D eigenvalue weighted by Gasteiger charge is 2.11. The van der Waals surface area contributed by atoms with Crippen LogP contribution in [0.15, 0.2) is 12.4 Å². The highest BCUT2D eigenvalue weighted by molar-refractivity contribution is 7.99. The summed E-state index contributed by atoms with van der Waals surface area (Å²) in [6.07, 6.45) is 5.08. The minimum Gasteiger partial charge on any atom is -0.272 e. The SMILES string of the molecule is CCCn1cc(C(CSCC)NN)cn1. The summed E-state index contributed by atoms with van der Waals surface area (Å²) < 4.78 is 1.97. The van der Waals surface area contributed by atoms with Crippen LogP contribution in [0.3, 0.4) is 0 Å². The topological polar surface area (TPSA) is 55.9 Å². The van der Waals surface area contributed by atoms with Gasteiger partial charge in [-0.1, -0.05) is 13.8 Å². The molecule has 0 aliphatic rings. The third-order valence-corrected chi connectivity index (χ3v) is 3.18. The molecule has 0 aliphatic carbocycles. The van der Waals surface area contributed by atoms with Gasteiger partial charge >= 0.3 is 0 Å². The molecule has 0 radical (unpaired) electrons. The predicted octanol–water partition coefficient (Wildman–Crippen LogP) is 1.55. The zero-order chi connectivity index (χ0) is 11.1. The number of nitrogens with zero attached hydrogens (tertiary/aromatic N) is 2. The number of nitrogens with two attached hydrogens (primary N) is 1. The van der Waals surface area contributed by atoms with Crippen molar-refractivity contribution in [2.75, 3.05) is 11.5 Å². The molecular weight excluding hydrogens is 208 g/mol. The molecule has 1 unspecified atom stereocenters. The number of hydrogen-bond acceptors (Lipinski definition) is 4. The molecule has 0 fully saturated rings. The third-order valence-electron chi connectivity index (χ3n) is 2.20. The van der Waals surface area contributed by atoms with Crippen LogP contribution in [0.5, 0.6) is 0 Å². The van der Waals surface area contributed by atoms with Gasteiger partial charge in [0, 0.05) is 24.1 Å². The number of hydrazine groups is 1. The molecule has 15 heavy (non-hydrogen) atoms. The molecule has 5 heteroatoms. The van der Waals surface area contributed by atoms with Gasteiger partial charge in [0.25, 0.3) is 0 Å². The molecule has 1 atom stereocenters. The summed E-state index contributed by atoms with van der Waals surface area (Å²) in [5, 5.41) is 4.29. The zero-order valence-electron chi connectivity index (χ0n) is 9.44. The Kier molecular flexibility index (Phi) is 5.75. The van der Waals surface area contributed by atoms with E-state index in [1.165, 1.54) is 5.56 Å². The van der Waals surface area contributed by atoms with Crippen molar-refractivity contribution in [1.82, 2.24) is 15.2 Å². The summed E-state index contributed by atoms with van der Waals surface area (Å²) in [6.45, 7) is 5.27. The molecule has 3 N–H and O–H groups in total. The average molecular weight is 228 g/mol. The molecule has 1 aromatic rings. The lowest BCUT2D eigenvalue weighted by molar-refractivity contribution is 0.592. The Morgan fingerprint density at radius 1 is 1.60 bits per heavy atom. The van der Waals surface area contributed by atoms with Crippen LogP contribution in [0.1, 0.15) is 31.9 Å². The average Bonchev–Trinajstić information content (AvgIpc) is 2.68. The van der Waals surface area contributed by atoms with Crippen molar-refractivity contribution in [2.45, 2.75) is 32.9 Å². The van der Waals surface area contributed by atoms with Crippen LogP contribution in [-0.4, -0.2) is 21.3 Å². The normalized spacial score (nSPS) is 13.0. The Morgan fingerprint density at radius 3 is 3.00 bits per heavy atom. The number of aryl methyl sites for hydroxylation is 1. The molecule has 0 saturated heterocycles. The quantitative estimate of drug-likeness (QED) is 0.549. The number of nitrogens with one attached hydrogen (secondary N) is 1. The zero-order valence-corrected chi connectivity index (χ0v) is 10.3. The number of aromatic nitrogens is 2. The molecule has 0 amide bonds. The van der Waals surface area contributed by atoms with Crippen molar-refractivity contribution < 1.29 is 0 Å².